The van der Waals surface area contributed by atoms with Crippen LogP contribution in [0.3, 0.4) is 0 Å². The molecule has 1 aliphatic rings. The molecule has 0 atom stereocenters. The van der Waals surface area contributed by atoms with Crippen molar-refractivity contribution in [1.82, 2.24) is 14.7 Å². The van der Waals surface area contributed by atoms with Gasteiger partial charge >= 0.3 is 6.09 Å². The third-order valence-corrected chi connectivity index (χ3v) is 3.24. The second kappa shape index (κ2) is 4.43. The molecule has 0 bridgehead atoms. The van der Waals surface area contributed by atoms with Crippen LogP contribution < -0.4 is 5.73 Å². The molecule has 0 spiro atoms. The first kappa shape index (κ1) is 13.7. The van der Waals surface area contributed by atoms with E-state index in [1.165, 1.54) is 0 Å². The third-order valence-electron chi connectivity index (χ3n) is 3.24. The predicted molar refractivity (Wildman–Crippen MR) is 73.0 cm³/mol. The van der Waals surface area contributed by atoms with E-state index in [9.17, 15) is 4.79 Å². The minimum absolute atomic E-state index is 0.198. The zero-order valence-corrected chi connectivity index (χ0v) is 12.2. The number of anilines is 1. The number of nitrogens with two attached hydrogens (primary N) is 1. The van der Waals surface area contributed by atoms with Gasteiger partial charge in [-0.3, -0.25) is 4.68 Å². The van der Waals surface area contributed by atoms with Gasteiger partial charge in [-0.15, -0.1) is 0 Å². The number of amides is 1. The number of hydrogen-bond donors (Lipinski definition) is 1. The van der Waals surface area contributed by atoms with E-state index < -0.39 is 5.60 Å². The Bertz CT molecular complexity index is 495. The van der Waals surface area contributed by atoms with Gasteiger partial charge in [0, 0.05) is 13.1 Å². The van der Waals surface area contributed by atoms with Crippen molar-refractivity contribution in [2.75, 3.05) is 18.8 Å². The molecule has 19 heavy (non-hydrogen) atoms. The van der Waals surface area contributed by atoms with Gasteiger partial charge in [0.05, 0.1) is 23.1 Å². The van der Waals surface area contributed by atoms with Gasteiger partial charge in [0.25, 0.3) is 0 Å². The van der Waals surface area contributed by atoms with Crippen LogP contribution in [0.1, 0.15) is 38.2 Å². The van der Waals surface area contributed by atoms with Crippen molar-refractivity contribution in [2.45, 2.75) is 46.3 Å². The first-order valence-corrected chi connectivity index (χ1v) is 6.48. The lowest BCUT2D eigenvalue weighted by Gasteiger charge is -2.40. The van der Waals surface area contributed by atoms with E-state index in [0.29, 0.717) is 13.1 Å². The van der Waals surface area contributed by atoms with E-state index in [1.807, 2.05) is 39.3 Å². The fraction of sp³-hybridized carbons (Fsp3) is 0.692. The molecule has 0 radical (unpaired) electrons. The van der Waals surface area contributed by atoms with Crippen molar-refractivity contribution >= 4 is 11.8 Å². The van der Waals surface area contributed by atoms with Crippen molar-refractivity contribution in [3.05, 3.63) is 11.4 Å². The molecule has 6 heteroatoms. The van der Waals surface area contributed by atoms with E-state index in [-0.39, 0.29) is 12.1 Å². The van der Waals surface area contributed by atoms with Crippen LogP contribution in [0.4, 0.5) is 10.5 Å². The van der Waals surface area contributed by atoms with Crippen molar-refractivity contribution in [3.63, 3.8) is 0 Å². The van der Waals surface area contributed by atoms with Crippen LogP contribution in [0.5, 0.6) is 0 Å². The Kier molecular flexibility index (Phi) is 3.20. The molecule has 1 aromatic heterocycles. The second-order valence-electron chi connectivity index (χ2n) is 6.07. The number of aryl methyl sites for hydroxylation is 1. The Balaban J connectivity index is 1.96. The summed E-state index contributed by atoms with van der Waals surface area (Å²) in [5.41, 5.74) is 7.99. The summed E-state index contributed by atoms with van der Waals surface area (Å²) < 4.78 is 7.23. The second-order valence-corrected chi connectivity index (χ2v) is 6.07. The highest BCUT2D eigenvalue weighted by molar-refractivity contribution is 5.69. The van der Waals surface area contributed by atoms with Gasteiger partial charge in [0.1, 0.15) is 5.60 Å². The van der Waals surface area contributed by atoms with Crippen LogP contribution in [0.15, 0.2) is 0 Å². The molecule has 0 aliphatic carbocycles. The largest absolute Gasteiger partial charge is 0.444 e. The number of nitrogens with zero attached hydrogens (tertiary/aromatic N) is 3. The molecule has 2 N–H and O–H groups in total. The molecule has 1 aromatic rings. The number of carbonyl (C=O) groups is 1. The lowest BCUT2D eigenvalue weighted by molar-refractivity contribution is -0.000668. The van der Waals surface area contributed by atoms with Gasteiger partial charge in [0.15, 0.2) is 0 Å². The summed E-state index contributed by atoms with van der Waals surface area (Å²) in [7, 11) is 0. The number of rotatable bonds is 1. The van der Waals surface area contributed by atoms with Crippen molar-refractivity contribution in [3.8, 4) is 0 Å². The summed E-state index contributed by atoms with van der Waals surface area (Å²) >= 11 is 0. The first-order valence-electron chi connectivity index (χ1n) is 6.48. The maximum absolute atomic E-state index is 11.8. The average molecular weight is 266 g/mol. The highest BCUT2D eigenvalue weighted by Gasteiger charge is 2.36. The van der Waals surface area contributed by atoms with E-state index in [4.69, 9.17) is 10.5 Å². The minimum atomic E-state index is -0.454. The lowest BCUT2D eigenvalue weighted by atomic mass is 10.1. The molecule has 0 unspecified atom stereocenters. The monoisotopic (exact) mass is 266 g/mol. The predicted octanol–water partition coefficient (Wildman–Crippen LogP) is 1.87. The lowest BCUT2D eigenvalue weighted by Crippen LogP contribution is -2.52. The SMILES string of the molecule is Cc1nn(C2CN(C(=O)OC(C)(C)C)C2)c(C)c1N. The summed E-state index contributed by atoms with van der Waals surface area (Å²) in [6.07, 6.45) is -0.266. The van der Waals surface area contributed by atoms with Crippen LogP contribution in [0.25, 0.3) is 0 Å². The van der Waals surface area contributed by atoms with Crippen molar-refractivity contribution in [2.24, 2.45) is 0 Å². The fourth-order valence-electron chi connectivity index (χ4n) is 2.12. The summed E-state index contributed by atoms with van der Waals surface area (Å²) in [6, 6.07) is 0.198. The summed E-state index contributed by atoms with van der Waals surface area (Å²) in [5, 5.41) is 4.41. The average Bonchev–Trinajstić information content (AvgIpc) is 2.42. The van der Waals surface area contributed by atoms with Gasteiger partial charge in [-0.05, 0) is 34.6 Å². The van der Waals surface area contributed by atoms with Crippen LogP contribution in [-0.2, 0) is 4.74 Å². The number of hydrogen-bond acceptors (Lipinski definition) is 4. The van der Waals surface area contributed by atoms with Crippen molar-refractivity contribution in [1.29, 1.82) is 0 Å². The summed E-state index contributed by atoms with van der Waals surface area (Å²) in [5.74, 6) is 0. The maximum Gasteiger partial charge on any atom is 0.410 e. The number of likely N-dealkylation sites (tertiary alicyclic amines) is 1. The summed E-state index contributed by atoms with van der Waals surface area (Å²) in [6.45, 7) is 10.7. The van der Waals surface area contributed by atoms with E-state index >= 15 is 0 Å². The molecule has 1 saturated heterocycles. The van der Waals surface area contributed by atoms with Crippen LogP contribution >= 0.6 is 0 Å². The van der Waals surface area contributed by atoms with Crippen LogP contribution in [0.2, 0.25) is 0 Å². The van der Waals surface area contributed by atoms with Crippen LogP contribution in [-0.4, -0.2) is 39.5 Å². The van der Waals surface area contributed by atoms with Crippen molar-refractivity contribution < 1.29 is 9.53 Å². The Hall–Kier alpha value is -1.72. The molecule has 6 nitrogen and oxygen atoms in total. The highest BCUT2D eigenvalue weighted by Crippen LogP contribution is 2.27. The summed E-state index contributed by atoms with van der Waals surface area (Å²) in [4.78, 5) is 13.5. The molecule has 106 valence electrons. The molecule has 1 aliphatic heterocycles. The van der Waals surface area contributed by atoms with Crippen LogP contribution in [0, 0.1) is 13.8 Å². The maximum atomic E-state index is 11.8. The minimum Gasteiger partial charge on any atom is -0.444 e. The Labute approximate surface area is 113 Å². The molecule has 2 rings (SSSR count). The third kappa shape index (κ3) is 2.67. The molecule has 0 saturated carbocycles. The molecular formula is C13H22N4O2. The quantitative estimate of drug-likeness (QED) is 0.842. The molecule has 0 aromatic carbocycles. The smallest absolute Gasteiger partial charge is 0.410 e. The number of carbonyl (C=O) groups excluding carboxylic acids is 1. The standard InChI is InChI=1S/C13H22N4O2/c1-8-11(14)9(2)17(15-8)10-6-16(7-10)12(18)19-13(3,4)5/h10H,6-7,14H2,1-5H3. The molecule has 1 amide bonds. The number of aromatic nitrogens is 2. The Morgan fingerprint density at radius 2 is 1.95 bits per heavy atom. The highest BCUT2D eigenvalue weighted by atomic mass is 16.6. The van der Waals surface area contributed by atoms with Gasteiger partial charge in [-0.2, -0.15) is 5.10 Å². The van der Waals surface area contributed by atoms with E-state index in [2.05, 4.69) is 5.10 Å². The molecule has 1 fully saturated rings. The van der Waals surface area contributed by atoms with Gasteiger partial charge < -0.3 is 15.4 Å². The fourth-order valence-corrected chi connectivity index (χ4v) is 2.12. The van der Waals surface area contributed by atoms with Gasteiger partial charge in [-0.1, -0.05) is 0 Å². The van der Waals surface area contributed by atoms with E-state index in [0.717, 1.165) is 17.1 Å². The number of nitrogen functional groups attached to an aromatic ring is 1. The molecule has 2 heterocycles. The zero-order chi connectivity index (χ0) is 14.4. The molecular weight excluding hydrogens is 244 g/mol. The topological polar surface area (TPSA) is 73.4 Å². The van der Waals surface area contributed by atoms with Gasteiger partial charge in [-0.25, -0.2) is 4.79 Å². The number of ether oxygens (including phenoxy) is 1. The van der Waals surface area contributed by atoms with E-state index in [1.54, 1.807) is 4.90 Å². The van der Waals surface area contributed by atoms with Gasteiger partial charge in [0.2, 0.25) is 0 Å². The normalized spacial score (nSPS) is 16.4. The Morgan fingerprint density at radius 3 is 2.37 bits per heavy atom. The zero-order valence-electron chi connectivity index (χ0n) is 12.2. The first-order chi connectivity index (χ1) is 8.69. The Morgan fingerprint density at radius 1 is 1.37 bits per heavy atom.